The molecule has 8 nitrogen and oxygen atoms in total. The Morgan fingerprint density at radius 1 is 1.00 bits per heavy atom. The number of benzene rings is 1. The number of nitrogens with zero attached hydrogens (tertiary/aromatic N) is 1. The van der Waals surface area contributed by atoms with Crippen LogP contribution >= 0.6 is 0 Å². The zero-order valence-electron chi connectivity index (χ0n) is 13.5. The first kappa shape index (κ1) is 18.3. The van der Waals surface area contributed by atoms with Gasteiger partial charge in [-0.1, -0.05) is 12.1 Å². The molecule has 1 aliphatic carbocycles. The molecule has 25 heavy (non-hydrogen) atoms. The topological polar surface area (TPSA) is 121 Å². The Morgan fingerprint density at radius 2 is 1.56 bits per heavy atom. The average Bonchev–Trinajstić information content (AvgIpc) is 3.38. The quantitative estimate of drug-likeness (QED) is 0.737. The lowest BCUT2D eigenvalue weighted by Gasteiger charge is -2.29. The second kappa shape index (κ2) is 6.67. The largest absolute Gasteiger partial charge is 0.481 e. The van der Waals surface area contributed by atoms with Crippen LogP contribution in [-0.2, 0) is 24.8 Å². The van der Waals surface area contributed by atoms with Crippen molar-refractivity contribution in [3.8, 4) is 0 Å². The van der Waals surface area contributed by atoms with Gasteiger partial charge < -0.3 is 5.11 Å². The van der Waals surface area contributed by atoms with Crippen LogP contribution in [0.2, 0.25) is 0 Å². The van der Waals surface area contributed by atoms with Gasteiger partial charge in [-0.2, -0.15) is 4.31 Å². The van der Waals surface area contributed by atoms with E-state index in [0.717, 1.165) is 17.1 Å². The fourth-order valence-electron chi connectivity index (χ4n) is 2.85. The monoisotopic (exact) mass is 388 g/mol. The van der Waals surface area contributed by atoms with Crippen molar-refractivity contribution in [2.24, 2.45) is 5.92 Å². The molecule has 1 saturated heterocycles. The number of rotatable bonds is 6. The molecule has 1 aromatic carbocycles. The predicted molar refractivity (Wildman–Crippen MR) is 88.9 cm³/mol. The number of carboxylic acid groups (broad SMARTS) is 1. The summed E-state index contributed by atoms with van der Waals surface area (Å²) in [6, 6.07) is 5.39. The maximum Gasteiger partial charge on any atom is 0.306 e. The Hall–Kier alpha value is -1.49. The zero-order valence-corrected chi connectivity index (χ0v) is 15.1. The second-order valence-electron chi connectivity index (χ2n) is 6.36. The van der Waals surface area contributed by atoms with Crippen molar-refractivity contribution in [1.29, 1.82) is 0 Å². The number of carboxylic acids is 1. The molecule has 2 aliphatic rings. The maximum absolute atomic E-state index is 12.9. The summed E-state index contributed by atoms with van der Waals surface area (Å²) in [5.74, 6) is -1.50. The van der Waals surface area contributed by atoms with E-state index in [9.17, 15) is 21.6 Å². The van der Waals surface area contributed by atoms with E-state index in [1.807, 2.05) is 0 Å². The fourth-order valence-corrected chi connectivity index (χ4v) is 6.43. The summed E-state index contributed by atoms with van der Waals surface area (Å²) in [6.45, 7) is 0.119. The summed E-state index contributed by atoms with van der Waals surface area (Å²) in [4.78, 5) is 10.5. The first-order valence-electron chi connectivity index (χ1n) is 8.06. The van der Waals surface area contributed by atoms with Gasteiger partial charge in [0.05, 0.1) is 5.92 Å². The third-order valence-corrected chi connectivity index (χ3v) is 8.12. The molecule has 0 radical (unpaired) electrons. The molecule has 0 aromatic heterocycles. The van der Waals surface area contributed by atoms with Gasteiger partial charge in [0.25, 0.3) is 0 Å². The number of carbonyl (C=O) groups is 1. The Labute approximate surface area is 146 Å². The van der Waals surface area contributed by atoms with E-state index in [0.29, 0.717) is 0 Å². The first-order valence-corrected chi connectivity index (χ1v) is 11.0. The van der Waals surface area contributed by atoms with Crippen molar-refractivity contribution in [2.45, 2.75) is 41.5 Å². The molecule has 2 N–H and O–H groups in total. The lowest BCUT2D eigenvalue weighted by Crippen LogP contribution is -2.41. The minimum atomic E-state index is -4.02. The molecular weight excluding hydrogens is 368 g/mol. The number of sulfonamides is 2. The van der Waals surface area contributed by atoms with Gasteiger partial charge in [-0.15, -0.1) is 0 Å². The molecule has 0 bridgehead atoms. The van der Waals surface area contributed by atoms with E-state index in [1.54, 1.807) is 0 Å². The van der Waals surface area contributed by atoms with Gasteiger partial charge in [0.15, 0.2) is 0 Å². The van der Waals surface area contributed by atoms with Crippen LogP contribution in [0.1, 0.15) is 25.7 Å². The van der Waals surface area contributed by atoms with Gasteiger partial charge in [-0.25, -0.2) is 21.6 Å². The highest BCUT2D eigenvalue weighted by Crippen LogP contribution is 2.29. The van der Waals surface area contributed by atoms with Crippen LogP contribution in [0.5, 0.6) is 0 Å². The normalized spacial score (nSPS) is 20.5. The van der Waals surface area contributed by atoms with Gasteiger partial charge in [0, 0.05) is 19.1 Å². The third-order valence-electron chi connectivity index (χ3n) is 4.46. The molecule has 2 fully saturated rings. The predicted octanol–water partition coefficient (Wildman–Crippen LogP) is 0.613. The van der Waals surface area contributed by atoms with E-state index >= 15 is 0 Å². The van der Waals surface area contributed by atoms with Gasteiger partial charge in [-0.05, 0) is 37.8 Å². The lowest BCUT2D eigenvalue weighted by atomic mass is 9.99. The van der Waals surface area contributed by atoms with Crippen LogP contribution in [0.4, 0.5) is 0 Å². The summed E-state index contributed by atoms with van der Waals surface area (Å²) >= 11 is 0. The number of nitrogens with one attached hydrogen (secondary N) is 1. The van der Waals surface area contributed by atoms with Crippen LogP contribution in [0.15, 0.2) is 34.1 Å². The molecule has 1 saturated carbocycles. The van der Waals surface area contributed by atoms with Gasteiger partial charge in [0.1, 0.15) is 9.79 Å². The number of hydrogen-bond acceptors (Lipinski definition) is 5. The molecule has 3 rings (SSSR count). The maximum atomic E-state index is 12.9. The molecule has 10 heteroatoms. The summed E-state index contributed by atoms with van der Waals surface area (Å²) in [5.41, 5.74) is 0. The molecule has 0 unspecified atom stereocenters. The number of aliphatic carboxylic acids is 1. The van der Waals surface area contributed by atoms with Gasteiger partial charge in [-0.3, -0.25) is 4.79 Å². The Kier molecular flexibility index (Phi) is 4.89. The molecule has 0 spiro atoms. The average molecular weight is 388 g/mol. The van der Waals surface area contributed by atoms with E-state index in [4.69, 9.17) is 5.11 Å². The molecule has 0 amide bonds. The summed E-state index contributed by atoms with van der Waals surface area (Å²) in [6.07, 6.45) is 1.92. The van der Waals surface area contributed by atoms with Crippen molar-refractivity contribution < 1.29 is 26.7 Å². The molecule has 1 aliphatic heterocycles. The lowest BCUT2D eigenvalue weighted by molar-refractivity contribution is -0.142. The molecular formula is C15H20N2O6S2. The minimum Gasteiger partial charge on any atom is -0.481 e. The highest BCUT2D eigenvalue weighted by Gasteiger charge is 2.36. The van der Waals surface area contributed by atoms with Gasteiger partial charge in [0.2, 0.25) is 20.0 Å². The van der Waals surface area contributed by atoms with Crippen LogP contribution in [0.25, 0.3) is 0 Å². The zero-order chi connectivity index (χ0) is 18.2. The number of piperidine rings is 1. The summed E-state index contributed by atoms with van der Waals surface area (Å²) in [7, 11) is -7.94. The van der Waals surface area contributed by atoms with E-state index in [2.05, 4.69) is 4.72 Å². The summed E-state index contributed by atoms with van der Waals surface area (Å²) < 4.78 is 54.5. The van der Waals surface area contributed by atoms with Gasteiger partial charge >= 0.3 is 5.97 Å². The van der Waals surface area contributed by atoms with Crippen LogP contribution in [0, 0.1) is 5.92 Å². The highest BCUT2D eigenvalue weighted by molar-refractivity contribution is 7.92. The Morgan fingerprint density at radius 3 is 2.08 bits per heavy atom. The second-order valence-corrected chi connectivity index (χ2v) is 9.95. The van der Waals surface area contributed by atoms with Crippen molar-refractivity contribution >= 4 is 26.0 Å². The molecule has 1 heterocycles. The minimum absolute atomic E-state index is 0.0593. The van der Waals surface area contributed by atoms with Crippen LogP contribution in [0.3, 0.4) is 0 Å². The Bertz CT molecular complexity index is 869. The van der Waals surface area contributed by atoms with Crippen LogP contribution in [-0.4, -0.2) is 51.3 Å². The van der Waals surface area contributed by atoms with Crippen LogP contribution < -0.4 is 4.72 Å². The highest BCUT2D eigenvalue weighted by atomic mass is 32.2. The summed E-state index contributed by atoms with van der Waals surface area (Å²) in [5, 5.41) is 9.03. The van der Waals surface area contributed by atoms with Crippen molar-refractivity contribution in [3.63, 3.8) is 0 Å². The van der Waals surface area contributed by atoms with Crippen molar-refractivity contribution in [2.75, 3.05) is 13.1 Å². The fraction of sp³-hybridized carbons (Fsp3) is 0.533. The van der Waals surface area contributed by atoms with E-state index in [-0.39, 0.29) is 41.8 Å². The Balaban J connectivity index is 1.89. The molecule has 1 aromatic rings. The molecule has 0 atom stereocenters. The molecule has 138 valence electrons. The first-order chi connectivity index (χ1) is 11.7. The number of hydrogen-bond donors (Lipinski definition) is 2. The van der Waals surface area contributed by atoms with Crippen molar-refractivity contribution in [3.05, 3.63) is 24.3 Å². The third kappa shape index (κ3) is 3.86. The SMILES string of the molecule is O=C(O)C1CCN(S(=O)(=O)c2ccccc2S(=O)(=O)NC2CC2)CC1. The standard InChI is InChI=1S/C15H20N2O6S2/c18-15(19)11-7-9-17(10-8-11)25(22,23)14-4-2-1-3-13(14)24(20,21)16-12-5-6-12/h1-4,11-12,16H,5-10H2,(H,18,19). The smallest absolute Gasteiger partial charge is 0.306 e. The van der Waals surface area contributed by atoms with Crippen molar-refractivity contribution in [1.82, 2.24) is 9.03 Å². The van der Waals surface area contributed by atoms with E-state index < -0.39 is 31.9 Å². The van der Waals surface area contributed by atoms with E-state index in [1.165, 1.54) is 24.3 Å².